The largest absolute Gasteiger partial charge is 0.382 e. The van der Waals surface area contributed by atoms with Crippen LogP contribution >= 0.6 is 11.6 Å². The number of benzene rings is 1. The summed E-state index contributed by atoms with van der Waals surface area (Å²) < 4.78 is 35.0. The fourth-order valence-corrected chi connectivity index (χ4v) is 2.58. The monoisotopic (exact) mass is 351 g/mol. The van der Waals surface area contributed by atoms with Crippen LogP contribution in [-0.4, -0.2) is 29.2 Å². The number of nitrogens with two attached hydrogens (primary N) is 1. The number of carbonyl (C=O) groups excluding carboxylic acids is 1. The van der Waals surface area contributed by atoms with E-state index in [1.165, 1.54) is 19.4 Å². The van der Waals surface area contributed by atoms with Gasteiger partial charge < -0.3 is 10.5 Å². The number of fused-ring (bicyclic) bond motifs is 1. The van der Waals surface area contributed by atoms with Gasteiger partial charge in [0.15, 0.2) is 11.6 Å². The third-order valence-electron chi connectivity index (χ3n) is 3.54. The summed E-state index contributed by atoms with van der Waals surface area (Å²) >= 11 is 5.71. The Morgan fingerprint density at radius 1 is 1.38 bits per heavy atom. The summed E-state index contributed by atoms with van der Waals surface area (Å²) in [6.07, 6.45) is 1.43. The van der Waals surface area contributed by atoms with Gasteiger partial charge in [-0.2, -0.15) is 0 Å². The second-order valence-electron chi connectivity index (χ2n) is 5.06. The van der Waals surface area contributed by atoms with Crippen molar-refractivity contribution >= 4 is 34.2 Å². The van der Waals surface area contributed by atoms with Gasteiger partial charge in [-0.15, -0.1) is 0 Å². The number of nitrogens with zero attached hydrogens (tertiary/aromatic N) is 2. The van der Waals surface area contributed by atoms with E-state index in [0.717, 1.165) is 10.6 Å². The van der Waals surface area contributed by atoms with E-state index in [-0.39, 0.29) is 34.2 Å². The normalized spacial score (nSPS) is 11.2. The number of methoxy groups -OCH3 is 1. The minimum Gasteiger partial charge on any atom is -0.382 e. The molecule has 0 fully saturated rings. The summed E-state index contributed by atoms with van der Waals surface area (Å²) in [5.41, 5.74) is 5.21. The highest BCUT2D eigenvalue weighted by atomic mass is 35.5. The molecule has 0 saturated carbocycles. The molecular formula is C16H12ClF2N3O2. The maximum atomic E-state index is 15.0. The van der Waals surface area contributed by atoms with Gasteiger partial charge in [0.1, 0.15) is 18.1 Å². The van der Waals surface area contributed by atoms with Crippen molar-refractivity contribution in [2.24, 2.45) is 0 Å². The predicted octanol–water partition coefficient (Wildman–Crippen LogP) is 3.50. The van der Waals surface area contributed by atoms with Crippen LogP contribution in [0.2, 0.25) is 5.02 Å². The first kappa shape index (κ1) is 16.4. The van der Waals surface area contributed by atoms with E-state index in [2.05, 4.69) is 4.98 Å². The summed E-state index contributed by atoms with van der Waals surface area (Å²) in [7, 11) is 1.36. The number of hydrogen-bond acceptors (Lipinski definition) is 4. The first-order valence-electron chi connectivity index (χ1n) is 6.87. The summed E-state index contributed by atoms with van der Waals surface area (Å²) in [6.45, 7) is -0.214. The Morgan fingerprint density at radius 2 is 2.12 bits per heavy atom. The average molecular weight is 352 g/mol. The Morgan fingerprint density at radius 3 is 2.83 bits per heavy atom. The molecule has 2 N–H and O–H groups in total. The number of hydrogen-bond donors (Lipinski definition) is 1. The van der Waals surface area contributed by atoms with Crippen LogP contribution in [0.4, 0.5) is 14.6 Å². The quantitative estimate of drug-likeness (QED) is 0.784. The average Bonchev–Trinajstić information content (AvgIpc) is 2.97. The highest BCUT2D eigenvalue weighted by Gasteiger charge is 2.20. The Bertz CT molecular complexity index is 956. The number of nitrogen functional groups attached to an aromatic ring is 1. The van der Waals surface area contributed by atoms with E-state index >= 15 is 0 Å². The van der Waals surface area contributed by atoms with Gasteiger partial charge in [-0.3, -0.25) is 9.36 Å². The lowest BCUT2D eigenvalue weighted by molar-refractivity contribution is 0.0767. The van der Waals surface area contributed by atoms with Crippen LogP contribution in [-0.2, 0) is 4.74 Å². The summed E-state index contributed by atoms with van der Waals surface area (Å²) in [6, 6.07) is 5.49. The molecule has 24 heavy (non-hydrogen) atoms. The van der Waals surface area contributed by atoms with E-state index in [1.54, 1.807) is 12.1 Å². The molecule has 0 radical (unpaired) electrons. The second kappa shape index (κ2) is 6.18. The number of pyridine rings is 1. The maximum Gasteiger partial charge on any atom is 0.257 e. The molecule has 0 unspecified atom stereocenters. The topological polar surface area (TPSA) is 70.1 Å². The van der Waals surface area contributed by atoms with Crippen molar-refractivity contribution in [2.45, 2.75) is 0 Å². The second-order valence-corrected chi connectivity index (χ2v) is 5.47. The van der Waals surface area contributed by atoms with E-state index in [9.17, 15) is 13.6 Å². The van der Waals surface area contributed by atoms with E-state index in [0.29, 0.717) is 5.39 Å². The zero-order valence-electron chi connectivity index (χ0n) is 12.5. The van der Waals surface area contributed by atoms with Crippen molar-refractivity contribution in [1.29, 1.82) is 0 Å². The first-order valence-corrected chi connectivity index (χ1v) is 7.25. The van der Waals surface area contributed by atoms with Crippen LogP contribution in [0.5, 0.6) is 0 Å². The molecule has 8 heteroatoms. The fourth-order valence-electron chi connectivity index (χ4n) is 2.44. The third-order valence-corrected chi connectivity index (χ3v) is 3.84. The zero-order chi connectivity index (χ0) is 17.4. The molecular weight excluding hydrogens is 340 g/mol. The van der Waals surface area contributed by atoms with Crippen LogP contribution in [0.15, 0.2) is 30.5 Å². The number of anilines is 1. The number of carbonyl (C=O) groups is 1. The number of halogens is 3. The molecule has 0 aliphatic heterocycles. The standard InChI is InChI=1S/C16H12ClF2N3O2/c1-24-7-12(23)22-5-4-8-2-3-9(13(19)15(8)22)14-11(18)6-10(17)16(20)21-14/h2-6H,7H2,1H3,(H2,20,21). The highest BCUT2D eigenvalue weighted by Crippen LogP contribution is 2.32. The number of aromatic nitrogens is 2. The molecule has 5 nitrogen and oxygen atoms in total. The van der Waals surface area contributed by atoms with Gasteiger partial charge >= 0.3 is 0 Å². The fraction of sp³-hybridized carbons (Fsp3) is 0.125. The molecule has 2 heterocycles. The smallest absolute Gasteiger partial charge is 0.257 e. The van der Waals surface area contributed by atoms with Crippen LogP contribution < -0.4 is 5.73 Å². The van der Waals surface area contributed by atoms with Crippen LogP contribution in [0.1, 0.15) is 4.79 Å². The molecule has 124 valence electrons. The van der Waals surface area contributed by atoms with Gasteiger partial charge in [-0.25, -0.2) is 13.8 Å². The molecule has 2 aromatic heterocycles. The molecule has 0 amide bonds. The molecule has 0 aliphatic carbocycles. The molecule has 0 spiro atoms. The zero-order valence-corrected chi connectivity index (χ0v) is 13.3. The summed E-state index contributed by atoms with van der Waals surface area (Å²) in [5.74, 6) is -2.16. The SMILES string of the molecule is COCC(=O)n1ccc2ccc(-c3nc(N)c(Cl)cc3F)c(F)c21. The van der Waals surface area contributed by atoms with Crippen molar-refractivity contribution in [3.63, 3.8) is 0 Å². The lowest BCUT2D eigenvalue weighted by atomic mass is 10.1. The van der Waals surface area contributed by atoms with Crippen molar-refractivity contribution in [3.8, 4) is 11.3 Å². The lowest BCUT2D eigenvalue weighted by Crippen LogP contribution is -2.15. The van der Waals surface area contributed by atoms with E-state index < -0.39 is 17.5 Å². The molecule has 0 bridgehead atoms. The van der Waals surface area contributed by atoms with E-state index in [1.807, 2.05) is 0 Å². The van der Waals surface area contributed by atoms with E-state index in [4.69, 9.17) is 22.1 Å². The van der Waals surface area contributed by atoms with Gasteiger partial charge in [0.05, 0.1) is 10.5 Å². The Hall–Kier alpha value is -2.51. The van der Waals surface area contributed by atoms with Crippen LogP contribution in [0.3, 0.4) is 0 Å². The van der Waals surface area contributed by atoms with Gasteiger partial charge in [0.2, 0.25) is 0 Å². The van der Waals surface area contributed by atoms with Gasteiger partial charge in [0, 0.05) is 24.3 Å². The Balaban J connectivity index is 2.24. The molecule has 0 saturated heterocycles. The minimum absolute atomic E-state index is 0.0178. The van der Waals surface area contributed by atoms with Gasteiger partial charge in [0.25, 0.3) is 5.91 Å². The van der Waals surface area contributed by atoms with Gasteiger partial charge in [-0.05, 0) is 18.2 Å². The van der Waals surface area contributed by atoms with Crippen LogP contribution in [0, 0.1) is 11.6 Å². The minimum atomic E-state index is -0.811. The first-order chi connectivity index (χ1) is 11.4. The summed E-state index contributed by atoms with van der Waals surface area (Å²) in [4.78, 5) is 15.8. The van der Waals surface area contributed by atoms with Crippen LogP contribution in [0.25, 0.3) is 22.2 Å². The molecule has 3 rings (SSSR count). The van der Waals surface area contributed by atoms with Crippen molar-refractivity contribution in [3.05, 3.63) is 47.1 Å². The molecule has 0 aliphatic rings. The highest BCUT2D eigenvalue weighted by molar-refractivity contribution is 6.32. The molecule has 3 aromatic rings. The Labute approximate surface area is 140 Å². The van der Waals surface area contributed by atoms with Crippen molar-refractivity contribution in [1.82, 2.24) is 9.55 Å². The molecule has 1 aromatic carbocycles. The maximum absolute atomic E-state index is 15.0. The predicted molar refractivity (Wildman–Crippen MR) is 87.0 cm³/mol. The Kier molecular flexibility index (Phi) is 4.21. The molecule has 0 atom stereocenters. The van der Waals surface area contributed by atoms with Gasteiger partial charge in [-0.1, -0.05) is 17.7 Å². The summed E-state index contributed by atoms with van der Waals surface area (Å²) in [5, 5.41) is 0.430. The number of rotatable bonds is 3. The van der Waals surface area contributed by atoms with Crippen molar-refractivity contribution < 1.29 is 18.3 Å². The van der Waals surface area contributed by atoms with Crippen molar-refractivity contribution in [2.75, 3.05) is 19.5 Å². The third kappa shape index (κ3) is 2.61. The number of ether oxygens (including phenoxy) is 1. The lowest BCUT2D eigenvalue weighted by Gasteiger charge is -2.09.